The Morgan fingerprint density at radius 1 is 1.44 bits per heavy atom. The topological polar surface area (TPSA) is 24.4 Å². The molecule has 1 saturated heterocycles. The summed E-state index contributed by atoms with van der Waals surface area (Å²) in [5.74, 6) is 0.923. The molecular formula is C12H15FN2S. The molecule has 16 heavy (non-hydrogen) atoms. The third-order valence-corrected chi connectivity index (χ3v) is 3.44. The van der Waals surface area contributed by atoms with E-state index in [4.69, 9.17) is 0 Å². The van der Waals surface area contributed by atoms with E-state index in [1.165, 1.54) is 18.6 Å². The second-order valence-electron chi connectivity index (χ2n) is 3.93. The Hall–Kier alpha value is -1.03. The highest BCUT2D eigenvalue weighted by atomic mass is 32.2. The number of thioether (sulfide) groups is 1. The van der Waals surface area contributed by atoms with E-state index < -0.39 is 0 Å². The summed E-state index contributed by atoms with van der Waals surface area (Å²) in [5.41, 5.74) is 1.04. The first-order valence-corrected chi connectivity index (χ1v) is 6.41. The molecule has 4 heteroatoms. The molecular weight excluding hydrogens is 223 g/mol. The number of rotatable bonds is 2. The molecule has 1 unspecified atom stereocenters. The lowest BCUT2D eigenvalue weighted by Gasteiger charge is -2.21. The summed E-state index contributed by atoms with van der Waals surface area (Å²) in [6, 6.07) is 7.00. The standard InChI is InChI=1S/C12H15FN2S/c1-9-6-7-16-12(15-9)14-8-10-2-4-11(13)5-3-10/h2-5,9H,6-8H2,1H3,(H,14,15). The van der Waals surface area contributed by atoms with Crippen molar-refractivity contribution in [2.24, 2.45) is 4.99 Å². The Labute approximate surface area is 99.3 Å². The van der Waals surface area contributed by atoms with Crippen LogP contribution in [0.4, 0.5) is 4.39 Å². The number of benzene rings is 1. The quantitative estimate of drug-likeness (QED) is 0.856. The van der Waals surface area contributed by atoms with E-state index in [1.54, 1.807) is 23.9 Å². The SMILES string of the molecule is CC1CCSC(=NCc2ccc(F)cc2)N1. The van der Waals surface area contributed by atoms with Gasteiger partial charge in [-0.3, -0.25) is 4.99 Å². The molecule has 0 aliphatic carbocycles. The highest BCUT2D eigenvalue weighted by Gasteiger charge is 2.12. The summed E-state index contributed by atoms with van der Waals surface area (Å²) in [5, 5.41) is 4.34. The van der Waals surface area contributed by atoms with Gasteiger partial charge in [-0.05, 0) is 31.0 Å². The van der Waals surface area contributed by atoms with Gasteiger partial charge in [-0.1, -0.05) is 23.9 Å². The highest BCUT2D eigenvalue weighted by Crippen LogP contribution is 2.14. The van der Waals surface area contributed by atoms with E-state index in [0.717, 1.165) is 16.5 Å². The Morgan fingerprint density at radius 2 is 2.19 bits per heavy atom. The Morgan fingerprint density at radius 3 is 2.88 bits per heavy atom. The van der Waals surface area contributed by atoms with Crippen LogP contribution >= 0.6 is 11.8 Å². The molecule has 0 spiro atoms. The van der Waals surface area contributed by atoms with E-state index in [0.29, 0.717) is 12.6 Å². The van der Waals surface area contributed by atoms with Crippen molar-refractivity contribution in [1.29, 1.82) is 0 Å². The number of halogens is 1. The van der Waals surface area contributed by atoms with Crippen molar-refractivity contribution >= 4 is 16.9 Å². The second kappa shape index (κ2) is 5.34. The highest BCUT2D eigenvalue weighted by molar-refractivity contribution is 8.13. The van der Waals surface area contributed by atoms with Gasteiger partial charge in [0, 0.05) is 11.8 Å². The van der Waals surface area contributed by atoms with Crippen LogP contribution < -0.4 is 5.32 Å². The molecule has 0 saturated carbocycles. The minimum atomic E-state index is -0.199. The zero-order chi connectivity index (χ0) is 11.4. The first-order chi connectivity index (χ1) is 7.74. The number of nitrogens with zero attached hydrogens (tertiary/aromatic N) is 1. The molecule has 2 nitrogen and oxygen atoms in total. The maximum absolute atomic E-state index is 12.7. The fourth-order valence-electron chi connectivity index (χ4n) is 1.50. The zero-order valence-corrected chi connectivity index (χ0v) is 10.1. The smallest absolute Gasteiger partial charge is 0.157 e. The predicted octanol–water partition coefficient (Wildman–Crippen LogP) is 2.80. The Balaban J connectivity index is 1.95. The molecule has 1 fully saturated rings. The summed E-state index contributed by atoms with van der Waals surface area (Å²) in [6.07, 6.45) is 1.18. The molecule has 0 bridgehead atoms. The van der Waals surface area contributed by atoms with Gasteiger partial charge in [0.05, 0.1) is 6.54 Å². The van der Waals surface area contributed by atoms with Crippen molar-refractivity contribution < 1.29 is 4.39 Å². The normalized spacial score (nSPS) is 23.1. The van der Waals surface area contributed by atoms with Crippen molar-refractivity contribution in [2.45, 2.75) is 25.9 Å². The monoisotopic (exact) mass is 238 g/mol. The van der Waals surface area contributed by atoms with Gasteiger partial charge in [0.15, 0.2) is 5.17 Å². The first-order valence-electron chi connectivity index (χ1n) is 5.42. The van der Waals surface area contributed by atoms with Crippen LogP contribution in [0.3, 0.4) is 0 Å². The zero-order valence-electron chi connectivity index (χ0n) is 9.24. The predicted molar refractivity (Wildman–Crippen MR) is 67.2 cm³/mol. The van der Waals surface area contributed by atoms with Crippen molar-refractivity contribution in [3.05, 3.63) is 35.6 Å². The lowest BCUT2D eigenvalue weighted by molar-refractivity contribution is 0.627. The number of hydrogen-bond acceptors (Lipinski definition) is 2. The molecule has 0 amide bonds. The molecule has 1 aliphatic heterocycles. The van der Waals surface area contributed by atoms with Crippen LogP contribution in [0, 0.1) is 5.82 Å². The number of nitrogens with one attached hydrogen (secondary N) is 1. The van der Waals surface area contributed by atoms with Crippen LogP contribution in [-0.2, 0) is 6.54 Å². The second-order valence-corrected chi connectivity index (χ2v) is 5.01. The van der Waals surface area contributed by atoms with E-state index in [2.05, 4.69) is 17.2 Å². The molecule has 1 aromatic carbocycles. The van der Waals surface area contributed by atoms with Crippen molar-refractivity contribution in [2.75, 3.05) is 5.75 Å². The van der Waals surface area contributed by atoms with Crippen LogP contribution in [0.15, 0.2) is 29.3 Å². The third-order valence-electron chi connectivity index (χ3n) is 2.48. The molecule has 1 aromatic rings. The summed E-state index contributed by atoms with van der Waals surface area (Å²) in [6.45, 7) is 2.77. The summed E-state index contributed by atoms with van der Waals surface area (Å²) in [7, 11) is 0. The van der Waals surface area contributed by atoms with Gasteiger partial charge in [-0.2, -0.15) is 0 Å². The van der Waals surface area contributed by atoms with Crippen LogP contribution in [-0.4, -0.2) is 17.0 Å². The molecule has 1 N–H and O–H groups in total. The third kappa shape index (κ3) is 3.23. The molecule has 0 radical (unpaired) electrons. The summed E-state index contributed by atoms with van der Waals surface area (Å²) in [4.78, 5) is 4.48. The van der Waals surface area contributed by atoms with Gasteiger partial charge in [0.2, 0.25) is 0 Å². The molecule has 1 aliphatic rings. The fraction of sp³-hybridized carbons (Fsp3) is 0.417. The number of hydrogen-bond donors (Lipinski definition) is 1. The lowest BCUT2D eigenvalue weighted by Crippen LogP contribution is -2.35. The van der Waals surface area contributed by atoms with E-state index in [9.17, 15) is 4.39 Å². The molecule has 1 atom stereocenters. The molecule has 0 aromatic heterocycles. The lowest BCUT2D eigenvalue weighted by atomic mass is 10.2. The minimum absolute atomic E-state index is 0.199. The number of amidine groups is 1. The van der Waals surface area contributed by atoms with Crippen molar-refractivity contribution in [1.82, 2.24) is 5.32 Å². The van der Waals surface area contributed by atoms with E-state index >= 15 is 0 Å². The molecule has 1 heterocycles. The van der Waals surface area contributed by atoms with Gasteiger partial charge in [0.25, 0.3) is 0 Å². The van der Waals surface area contributed by atoms with E-state index in [1.807, 2.05) is 0 Å². The first kappa shape index (κ1) is 11.5. The molecule has 2 rings (SSSR count). The minimum Gasteiger partial charge on any atom is -0.362 e. The van der Waals surface area contributed by atoms with E-state index in [-0.39, 0.29) is 5.82 Å². The average molecular weight is 238 g/mol. The van der Waals surface area contributed by atoms with Gasteiger partial charge >= 0.3 is 0 Å². The van der Waals surface area contributed by atoms with Gasteiger partial charge in [0.1, 0.15) is 5.82 Å². The van der Waals surface area contributed by atoms with Crippen LogP contribution in [0.1, 0.15) is 18.9 Å². The van der Waals surface area contributed by atoms with Crippen LogP contribution in [0.5, 0.6) is 0 Å². The van der Waals surface area contributed by atoms with Gasteiger partial charge < -0.3 is 5.32 Å². The van der Waals surface area contributed by atoms with Crippen LogP contribution in [0.2, 0.25) is 0 Å². The maximum atomic E-state index is 12.7. The van der Waals surface area contributed by atoms with Crippen molar-refractivity contribution in [3.63, 3.8) is 0 Å². The largest absolute Gasteiger partial charge is 0.362 e. The Bertz CT molecular complexity index is 375. The van der Waals surface area contributed by atoms with Gasteiger partial charge in [-0.25, -0.2) is 4.39 Å². The summed E-state index contributed by atoms with van der Waals surface area (Å²) < 4.78 is 12.7. The van der Waals surface area contributed by atoms with Gasteiger partial charge in [-0.15, -0.1) is 0 Å². The van der Waals surface area contributed by atoms with Crippen LogP contribution in [0.25, 0.3) is 0 Å². The van der Waals surface area contributed by atoms with Crippen molar-refractivity contribution in [3.8, 4) is 0 Å². The average Bonchev–Trinajstić information content (AvgIpc) is 2.28. The maximum Gasteiger partial charge on any atom is 0.157 e. The number of aliphatic imine (C=N–C) groups is 1. The summed E-state index contributed by atoms with van der Waals surface area (Å²) >= 11 is 1.75. The Kier molecular flexibility index (Phi) is 3.83. The fourth-order valence-corrected chi connectivity index (χ4v) is 2.61. The molecule has 86 valence electrons.